The normalized spacial score (nSPS) is 23.5. The average molecular weight is 261 g/mol. The summed E-state index contributed by atoms with van der Waals surface area (Å²) in [5.41, 5.74) is 6.37. The Morgan fingerprint density at radius 1 is 1.42 bits per heavy atom. The van der Waals surface area contributed by atoms with Crippen molar-refractivity contribution in [1.29, 1.82) is 0 Å². The molecule has 0 aliphatic heterocycles. The van der Waals surface area contributed by atoms with Crippen molar-refractivity contribution in [2.75, 3.05) is 0 Å². The van der Waals surface area contributed by atoms with Crippen molar-refractivity contribution >= 4 is 5.78 Å². The number of hydrogen-bond acceptors (Lipinski definition) is 3. The number of rotatable bonds is 5. The second kappa shape index (κ2) is 4.75. The summed E-state index contributed by atoms with van der Waals surface area (Å²) in [6.45, 7) is 1.88. The topological polar surface area (TPSA) is 60.9 Å². The second-order valence-electron chi connectivity index (χ2n) is 6.38. The average Bonchev–Trinajstić information content (AvgIpc) is 2.91. The van der Waals surface area contributed by atoms with Gasteiger partial charge in [0, 0.05) is 6.20 Å². The summed E-state index contributed by atoms with van der Waals surface area (Å²) in [4.78, 5) is 12.3. The third-order valence-corrected chi connectivity index (χ3v) is 4.73. The Hall–Kier alpha value is -1.16. The lowest BCUT2D eigenvalue weighted by atomic mass is 9.89. The van der Waals surface area contributed by atoms with Gasteiger partial charge in [0.25, 0.3) is 0 Å². The molecule has 0 amide bonds. The number of Topliss-reactive ketones (excluding diaryl/α,β-unsaturated/α-hetero) is 1. The Labute approximate surface area is 114 Å². The zero-order chi connectivity index (χ0) is 13.5. The highest BCUT2D eigenvalue weighted by molar-refractivity contribution is 5.90. The number of carbonyl (C=O) groups is 1. The van der Waals surface area contributed by atoms with Crippen molar-refractivity contribution in [2.24, 2.45) is 11.7 Å². The van der Waals surface area contributed by atoms with Crippen LogP contribution in [0.15, 0.2) is 12.3 Å². The fourth-order valence-corrected chi connectivity index (χ4v) is 3.11. The maximum Gasteiger partial charge on any atom is 0.158 e. The van der Waals surface area contributed by atoms with Gasteiger partial charge in [0.15, 0.2) is 5.78 Å². The molecule has 104 valence electrons. The SMILES string of the molecule is CC(N)(C(=O)Cc1ccn(C2CCCC2)n1)C1CC1. The molecule has 0 aromatic carbocycles. The molecule has 1 unspecified atom stereocenters. The maximum atomic E-state index is 12.3. The highest BCUT2D eigenvalue weighted by atomic mass is 16.1. The molecule has 0 saturated heterocycles. The van der Waals surface area contributed by atoms with E-state index in [1.165, 1.54) is 25.7 Å². The molecule has 2 aliphatic rings. The number of aromatic nitrogens is 2. The van der Waals surface area contributed by atoms with Gasteiger partial charge in [0.2, 0.25) is 0 Å². The van der Waals surface area contributed by atoms with Crippen LogP contribution in [0.25, 0.3) is 0 Å². The lowest BCUT2D eigenvalue weighted by molar-refractivity contribution is -0.123. The second-order valence-corrected chi connectivity index (χ2v) is 6.38. The third kappa shape index (κ3) is 2.59. The molecule has 1 aromatic rings. The van der Waals surface area contributed by atoms with E-state index in [0.29, 0.717) is 18.4 Å². The van der Waals surface area contributed by atoms with Crippen LogP contribution in [0.1, 0.15) is 57.2 Å². The van der Waals surface area contributed by atoms with E-state index in [1.807, 2.05) is 23.9 Å². The van der Waals surface area contributed by atoms with Gasteiger partial charge in [-0.3, -0.25) is 9.48 Å². The molecule has 1 atom stereocenters. The number of nitrogens with two attached hydrogens (primary N) is 1. The fraction of sp³-hybridized carbons (Fsp3) is 0.733. The van der Waals surface area contributed by atoms with Crippen LogP contribution in [0, 0.1) is 5.92 Å². The van der Waals surface area contributed by atoms with Crippen LogP contribution in [-0.2, 0) is 11.2 Å². The highest BCUT2D eigenvalue weighted by Crippen LogP contribution is 2.39. The summed E-state index contributed by atoms with van der Waals surface area (Å²) < 4.78 is 2.04. The van der Waals surface area contributed by atoms with Gasteiger partial charge >= 0.3 is 0 Å². The molecule has 4 nitrogen and oxygen atoms in total. The number of nitrogens with zero attached hydrogens (tertiary/aromatic N) is 2. The molecule has 1 heterocycles. The zero-order valence-corrected chi connectivity index (χ0v) is 11.6. The van der Waals surface area contributed by atoms with E-state index in [0.717, 1.165) is 18.5 Å². The van der Waals surface area contributed by atoms with E-state index >= 15 is 0 Å². The first kappa shape index (κ1) is 12.9. The molecule has 0 radical (unpaired) electrons. The molecule has 3 rings (SSSR count). The van der Waals surface area contributed by atoms with Crippen molar-refractivity contribution < 1.29 is 4.79 Å². The lowest BCUT2D eigenvalue weighted by Gasteiger charge is -2.22. The zero-order valence-electron chi connectivity index (χ0n) is 11.6. The molecule has 0 bridgehead atoms. The molecule has 2 saturated carbocycles. The summed E-state index contributed by atoms with van der Waals surface area (Å²) in [5.74, 6) is 0.517. The first-order valence-electron chi connectivity index (χ1n) is 7.43. The van der Waals surface area contributed by atoms with Crippen LogP contribution >= 0.6 is 0 Å². The summed E-state index contributed by atoms with van der Waals surface area (Å²) >= 11 is 0. The maximum absolute atomic E-state index is 12.3. The largest absolute Gasteiger partial charge is 0.319 e. The quantitative estimate of drug-likeness (QED) is 0.884. The van der Waals surface area contributed by atoms with Crippen LogP contribution in [0.3, 0.4) is 0 Å². The van der Waals surface area contributed by atoms with Crippen molar-refractivity contribution in [3.05, 3.63) is 18.0 Å². The minimum Gasteiger partial charge on any atom is -0.319 e. The number of ketones is 1. The van der Waals surface area contributed by atoms with E-state index < -0.39 is 5.54 Å². The molecule has 2 aliphatic carbocycles. The smallest absolute Gasteiger partial charge is 0.158 e. The van der Waals surface area contributed by atoms with E-state index in [9.17, 15) is 4.79 Å². The van der Waals surface area contributed by atoms with Crippen LogP contribution in [0.2, 0.25) is 0 Å². The molecule has 2 N–H and O–H groups in total. The van der Waals surface area contributed by atoms with Gasteiger partial charge < -0.3 is 5.73 Å². The molecule has 2 fully saturated rings. The number of carbonyl (C=O) groups excluding carboxylic acids is 1. The van der Waals surface area contributed by atoms with Crippen molar-refractivity contribution in [1.82, 2.24) is 9.78 Å². The minimum atomic E-state index is -0.656. The van der Waals surface area contributed by atoms with Crippen LogP contribution < -0.4 is 5.73 Å². The third-order valence-electron chi connectivity index (χ3n) is 4.73. The van der Waals surface area contributed by atoms with Crippen LogP contribution in [-0.4, -0.2) is 21.1 Å². The Kier molecular flexibility index (Phi) is 3.21. The predicted molar refractivity (Wildman–Crippen MR) is 73.8 cm³/mol. The molecular formula is C15H23N3O. The first-order valence-corrected chi connectivity index (χ1v) is 7.43. The molecular weight excluding hydrogens is 238 g/mol. The standard InChI is InChI=1S/C15H23N3O/c1-15(16,11-6-7-11)14(19)10-12-8-9-18(17-12)13-4-2-3-5-13/h8-9,11,13H,2-7,10,16H2,1H3. The number of hydrogen-bond donors (Lipinski definition) is 1. The van der Waals surface area contributed by atoms with Crippen molar-refractivity contribution in [3.8, 4) is 0 Å². The van der Waals surface area contributed by atoms with Crippen molar-refractivity contribution in [3.63, 3.8) is 0 Å². The van der Waals surface area contributed by atoms with Gasteiger partial charge in [0.05, 0.1) is 23.7 Å². The highest BCUT2D eigenvalue weighted by Gasteiger charge is 2.43. The summed E-state index contributed by atoms with van der Waals surface area (Å²) in [6, 6.07) is 2.51. The molecule has 0 spiro atoms. The summed E-state index contributed by atoms with van der Waals surface area (Å²) in [6.07, 6.45) is 9.59. The van der Waals surface area contributed by atoms with E-state index in [-0.39, 0.29) is 5.78 Å². The summed E-state index contributed by atoms with van der Waals surface area (Å²) in [7, 11) is 0. The van der Waals surface area contributed by atoms with Gasteiger partial charge in [-0.15, -0.1) is 0 Å². The molecule has 19 heavy (non-hydrogen) atoms. The molecule has 1 aromatic heterocycles. The Bertz CT molecular complexity index is 467. The van der Waals surface area contributed by atoms with Crippen LogP contribution in [0.4, 0.5) is 0 Å². The lowest BCUT2D eigenvalue weighted by Crippen LogP contribution is -2.48. The fourth-order valence-electron chi connectivity index (χ4n) is 3.11. The Morgan fingerprint density at radius 3 is 2.74 bits per heavy atom. The summed E-state index contributed by atoms with van der Waals surface area (Å²) in [5, 5.41) is 4.57. The van der Waals surface area contributed by atoms with Gasteiger partial charge in [-0.1, -0.05) is 12.8 Å². The van der Waals surface area contributed by atoms with E-state index in [2.05, 4.69) is 5.10 Å². The monoisotopic (exact) mass is 261 g/mol. The predicted octanol–water partition coefficient (Wildman–Crippen LogP) is 2.24. The minimum absolute atomic E-state index is 0.131. The van der Waals surface area contributed by atoms with Gasteiger partial charge in [-0.2, -0.15) is 5.10 Å². The van der Waals surface area contributed by atoms with Gasteiger partial charge in [-0.25, -0.2) is 0 Å². The van der Waals surface area contributed by atoms with Crippen molar-refractivity contribution in [2.45, 2.75) is 63.5 Å². The Balaban J connectivity index is 1.64. The van der Waals surface area contributed by atoms with E-state index in [1.54, 1.807) is 0 Å². The first-order chi connectivity index (χ1) is 9.07. The van der Waals surface area contributed by atoms with Gasteiger partial charge in [-0.05, 0) is 44.6 Å². The van der Waals surface area contributed by atoms with Crippen LogP contribution in [0.5, 0.6) is 0 Å². The van der Waals surface area contributed by atoms with E-state index in [4.69, 9.17) is 5.73 Å². The van der Waals surface area contributed by atoms with Gasteiger partial charge in [0.1, 0.15) is 0 Å². The Morgan fingerprint density at radius 2 is 2.11 bits per heavy atom. The molecule has 4 heteroatoms.